The van der Waals surface area contributed by atoms with Gasteiger partial charge in [-0.15, -0.1) is 0 Å². The lowest BCUT2D eigenvalue weighted by Gasteiger charge is -2.29. The topological polar surface area (TPSA) is 78.5 Å². The summed E-state index contributed by atoms with van der Waals surface area (Å²) in [6.45, 7) is 3.81. The van der Waals surface area contributed by atoms with Gasteiger partial charge in [0.1, 0.15) is 5.82 Å². The van der Waals surface area contributed by atoms with Crippen molar-refractivity contribution in [3.05, 3.63) is 29.6 Å². The second kappa shape index (κ2) is 9.22. The first-order valence-corrected chi connectivity index (χ1v) is 11.9. The lowest BCUT2D eigenvalue weighted by Crippen LogP contribution is -2.39. The van der Waals surface area contributed by atoms with E-state index >= 15 is 0 Å². The van der Waals surface area contributed by atoms with Crippen molar-refractivity contribution >= 4 is 21.6 Å². The lowest BCUT2D eigenvalue weighted by molar-refractivity contribution is 0.0792. The summed E-state index contributed by atoms with van der Waals surface area (Å²) in [6.07, 6.45) is 5.46. The van der Waals surface area contributed by atoms with Gasteiger partial charge in [0, 0.05) is 36.9 Å². The van der Waals surface area contributed by atoms with E-state index in [1.54, 1.807) is 17.9 Å². The Morgan fingerprint density at radius 3 is 2.46 bits per heavy atom. The number of amides is 1. The van der Waals surface area contributed by atoms with Gasteiger partial charge in [0.05, 0.1) is 5.75 Å². The number of likely N-dealkylation sites (tertiary alicyclic amines) is 1. The Hall–Kier alpha value is -1.67. The summed E-state index contributed by atoms with van der Waals surface area (Å²) >= 11 is 0. The Morgan fingerprint density at radius 2 is 1.82 bits per heavy atom. The SMILES string of the molecule is CCS(=O)(=O)N[C@H]1CC[C@H](CNc2cc(F)cc(C(=O)N3CCCC3)c2)CC1. The van der Waals surface area contributed by atoms with Crippen LogP contribution < -0.4 is 10.0 Å². The van der Waals surface area contributed by atoms with Crippen molar-refractivity contribution < 1.29 is 17.6 Å². The Balaban J connectivity index is 1.52. The van der Waals surface area contributed by atoms with Crippen LogP contribution in [0.5, 0.6) is 0 Å². The number of hydrogen-bond donors (Lipinski definition) is 2. The molecule has 1 saturated heterocycles. The van der Waals surface area contributed by atoms with Crippen LogP contribution >= 0.6 is 0 Å². The van der Waals surface area contributed by atoms with Crippen LogP contribution in [0.2, 0.25) is 0 Å². The predicted molar refractivity (Wildman–Crippen MR) is 108 cm³/mol. The van der Waals surface area contributed by atoms with Crippen molar-refractivity contribution in [2.24, 2.45) is 5.92 Å². The Morgan fingerprint density at radius 1 is 1.14 bits per heavy atom. The molecule has 2 fully saturated rings. The van der Waals surface area contributed by atoms with Crippen LogP contribution in [0.4, 0.5) is 10.1 Å². The lowest BCUT2D eigenvalue weighted by atomic mass is 9.86. The summed E-state index contributed by atoms with van der Waals surface area (Å²) in [7, 11) is -3.16. The molecule has 8 heteroatoms. The number of nitrogens with one attached hydrogen (secondary N) is 2. The van der Waals surface area contributed by atoms with Gasteiger partial charge in [-0.1, -0.05) is 0 Å². The van der Waals surface area contributed by atoms with Gasteiger partial charge < -0.3 is 10.2 Å². The molecule has 156 valence electrons. The van der Waals surface area contributed by atoms with E-state index in [1.165, 1.54) is 12.1 Å². The maximum atomic E-state index is 14.0. The molecule has 1 aliphatic carbocycles. The quantitative estimate of drug-likeness (QED) is 0.723. The monoisotopic (exact) mass is 411 g/mol. The molecule has 28 heavy (non-hydrogen) atoms. The molecule has 3 rings (SSSR count). The number of rotatable bonds is 7. The molecule has 1 amide bonds. The number of carbonyl (C=O) groups excluding carboxylic acids is 1. The van der Waals surface area contributed by atoms with Crippen molar-refractivity contribution in [1.29, 1.82) is 0 Å². The highest BCUT2D eigenvalue weighted by Crippen LogP contribution is 2.26. The van der Waals surface area contributed by atoms with Gasteiger partial charge in [-0.2, -0.15) is 0 Å². The molecule has 0 atom stereocenters. The van der Waals surface area contributed by atoms with Crippen LogP contribution in [0.1, 0.15) is 55.8 Å². The summed E-state index contributed by atoms with van der Waals surface area (Å²) in [5.74, 6) is -0.00983. The molecule has 1 saturated carbocycles. The second-order valence-corrected chi connectivity index (χ2v) is 9.89. The van der Waals surface area contributed by atoms with Gasteiger partial charge in [-0.3, -0.25) is 4.79 Å². The maximum Gasteiger partial charge on any atom is 0.254 e. The minimum Gasteiger partial charge on any atom is -0.385 e. The van der Waals surface area contributed by atoms with Crippen molar-refractivity contribution in [3.63, 3.8) is 0 Å². The highest BCUT2D eigenvalue weighted by atomic mass is 32.2. The predicted octanol–water partition coefficient (Wildman–Crippen LogP) is 2.97. The molecule has 1 aliphatic heterocycles. The molecule has 1 aromatic carbocycles. The van der Waals surface area contributed by atoms with E-state index in [4.69, 9.17) is 0 Å². The standard InChI is InChI=1S/C20H30FN3O3S/c1-2-28(26,27)23-18-7-5-15(6-8-18)14-22-19-12-16(11-17(21)13-19)20(25)24-9-3-4-10-24/h11-13,15,18,22-23H,2-10,14H2,1H3/t15-,18-. The van der Waals surface area contributed by atoms with Gasteiger partial charge >= 0.3 is 0 Å². The van der Waals surface area contributed by atoms with Gasteiger partial charge in [0.2, 0.25) is 10.0 Å². The fourth-order valence-electron chi connectivity index (χ4n) is 4.00. The zero-order chi connectivity index (χ0) is 20.1. The zero-order valence-electron chi connectivity index (χ0n) is 16.4. The number of sulfonamides is 1. The zero-order valence-corrected chi connectivity index (χ0v) is 17.2. The van der Waals surface area contributed by atoms with E-state index in [-0.39, 0.29) is 17.7 Å². The van der Waals surface area contributed by atoms with E-state index in [0.29, 0.717) is 23.7 Å². The number of nitrogens with zero attached hydrogens (tertiary/aromatic N) is 1. The molecule has 0 radical (unpaired) electrons. The Bertz CT molecular complexity index is 786. The van der Waals surface area contributed by atoms with Crippen LogP contribution in [-0.4, -0.2) is 50.7 Å². The molecular weight excluding hydrogens is 381 g/mol. The second-order valence-electron chi connectivity index (χ2n) is 7.85. The minimum atomic E-state index is -3.16. The molecule has 1 aromatic rings. The number of hydrogen-bond acceptors (Lipinski definition) is 4. The fraction of sp³-hybridized carbons (Fsp3) is 0.650. The third kappa shape index (κ3) is 5.67. The normalized spacial score (nSPS) is 23.0. The number of carbonyl (C=O) groups is 1. The number of benzene rings is 1. The first-order valence-electron chi connectivity index (χ1n) is 10.2. The van der Waals surface area contributed by atoms with E-state index in [2.05, 4.69) is 10.0 Å². The highest BCUT2D eigenvalue weighted by molar-refractivity contribution is 7.89. The molecule has 6 nitrogen and oxygen atoms in total. The molecule has 2 N–H and O–H groups in total. The molecular formula is C20H30FN3O3S. The molecule has 0 unspecified atom stereocenters. The third-order valence-electron chi connectivity index (χ3n) is 5.71. The molecule has 0 bridgehead atoms. The maximum absolute atomic E-state index is 14.0. The van der Waals surface area contributed by atoms with E-state index in [0.717, 1.165) is 51.6 Å². The summed E-state index contributed by atoms with van der Waals surface area (Å²) in [5.41, 5.74) is 1.01. The van der Waals surface area contributed by atoms with Crippen LogP contribution in [0.3, 0.4) is 0 Å². The van der Waals surface area contributed by atoms with Gasteiger partial charge in [-0.25, -0.2) is 17.5 Å². The molecule has 0 spiro atoms. The Labute approximate surface area is 166 Å². The van der Waals surface area contributed by atoms with Crippen LogP contribution in [0, 0.1) is 11.7 Å². The number of halogens is 1. The Kier molecular flexibility index (Phi) is 6.93. The van der Waals surface area contributed by atoms with Gasteiger partial charge in [-0.05, 0) is 69.6 Å². The molecule has 2 aliphatic rings. The molecule has 0 aromatic heterocycles. The largest absolute Gasteiger partial charge is 0.385 e. The summed E-state index contributed by atoms with van der Waals surface area (Å²) in [4.78, 5) is 14.3. The van der Waals surface area contributed by atoms with Crippen molar-refractivity contribution in [1.82, 2.24) is 9.62 Å². The fourth-order valence-corrected chi connectivity index (χ4v) is 4.91. The summed E-state index contributed by atoms with van der Waals surface area (Å²) in [6, 6.07) is 4.46. The minimum absolute atomic E-state index is 0.0139. The first-order chi connectivity index (χ1) is 13.4. The van der Waals surface area contributed by atoms with Crippen LogP contribution in [-0.2, 0) is 10.0 Å². The third-order valence-corrected chi connectivity index (χ3v) is 7.16. The average Bonchev–Trinajstić information content (AvgIpc) is 3.21. The molecule has 1 heterocycles. The van der Waals surface area contributed by atoms with E-state index in [1.807, 2.05) is 0 Å². The van der Waals surface area contributed by atoms with Crippen molar-refractivity contribution in [2.75, 3.05) is 30.7 Å². The average molecular weight is 412 g/mol. The van der Waals surface area contributed by atoms with E-state index < -0.39 is 15.8 Å². The van der Waals surface area contributed by atoms with E-state index in [9.17, 15) is 17.6 Å². The van der Waals surface area contributed by atoms with Crippen LogP contribution in [0.25, 0.3) is 0 Å². The summed E-state index contributed by atoms with van der Waals surface area (Å²) in [5, 5.41) is 3.27. The summed E-state index contributed by atoms with van der Waals surface area (Å²) < 4.78 is 40.1. The van der Waals surface area contributed by atoms with Gasteiger partial charge in [0.25, 0.3) is 5.91 Å². The number of anilines is 1. The van der Waals surface area contributed by atoms with Crippen molar-refractivity contribution in [3.8, 4) is 0 Å². The van der Waals surface area contributed by atoms with Crippen LogP contribution in [0.15, 0.2) is 18.2 Å². The van der Waals surface area contributed by atoms with Crippen molar-refractivity contribution in [2.45, 2.75) is 51.5 Å². The smallest absolute Gasteiger partial charge is 0.254 e. The first kappa shape index (κ1) is 21.0. The van der Waals surface area contributed by atoms with Gasteiger partial charge in [0.15, 0.2) is 0 Å². The highest BCUT2D eigenvalue weighted by Gasteiger charge is 2.24.